The number of aliphatic hydroxyl groups is 4. The molecule has 1 saturated heterocycles. The van der Waals surface area contributed by atoms with Crippen molar-refractivity contribution >= 4 is 26.7 Å². The Morgan fingerprint density at radius 3 is 2.26 bits per heavy atom. The molecule has 0 saturated carbocycles. The summed E-state index contributed by atoms with van der Waals surface area (Å²) in [7, 11) is -10.6. The Balaban J connectivity index is 2.31. The van der Waals surface area contributed by atoms with Gasteiger partial charge in [0.1, 0.15) is 48.3 Å². The van der Waals surface area contributed by atoms with E-state index in [0.29, 0.717) is 6.08 Å². The number of hydrogen-bond acceptors (Lipinski definition) is 16. The normalized spacial score (nSPS) is 37.0. The molecule has 17 nitrogen and oxygen atoms in total. The van der Waals surface area contributed by atoms with Crippen molar-refractivity contribution in [2.45, 2.75) is 49.1 Å². The van der Waals surface area contributed by atoms with Crippen molar-refractivity contribution in [3.8, 4) is 0 Å². The van der Waals surface area contributed by atoms with E-state index in [-0.39, 0.29) is 0 Å². The van der Waals surface area contributed by atoms with Crippen molar-refractivity contribution in [2.75, 3.05) is 6.61 Å². The second kappa shape index (κ2) is 9.56. The highest BCUT2D eigenvalue weighted by molar-refractivity contribution is 7.83. The van der Waals surface area contributed by atoms with E-state index in [1.165, 1.54) is 4.72 Å². The number of nitrogens with one attached hydrogen (secondary N) is 1. The van der Waals surface area contributed by atoms with Crippen molar-refractivity contribution in [1.82, 2.24) is 4.72 Å². The molecule has 2 aliphatic heterocycles. The van der Waals surface area contributed by atoms with E-state index in [9.17, 15) is 56.3 Å². The maximum absolute atomic E-state index is 10.9. The molecular formula is C12H16NO16S2-3. The lowest BCUT2D eigenvalue weighted by molar-refractivity contribution is -0.321. The van der Waals surface area contributed by atoms with Crippen LogP contribution in [0, 0.1) is 0 Å². The maximum Gasteiger partial charge on any atom is 0.229 e. The van der Waals surface area contributed by atoms with E-state index in [1.807, 2.05) is 0 Å². The Hall–Kier alpha value is -1.49. The van der Waals surface area contributed by atoms with Crippen molar-refractivity contribution in [3.05, 3.63) is 11.8 Å². The third-order valence-electron chi connectivity index (χ3n) is 4.04. The van der Waals surface area contributed by atoms with Gasteiger partial charge in [-0.25, -0.2) is 21.6 Å². The molecular weight excluding hydrogens is 478 g/mol. The van der Waals surface area contributed by atoms with E-state index in [2.05, 4.69) is 4.18 Å². The number of aliphatic carboxylic acids is 1. The number of carboxylic acids is 1. The van der Waals surface area contributed by atoms with E-state index < -0.39 is 88.2 Å². The smallest absolute Gasteiger partial charge is 0.229 e. The molecule has 2 aliphatic rings. The Morgan fingerprint density at radius 1 is 1.13 bits per heavy atom. The van der Waals surface area contributed by atoms with Crippen molar-refractivity contribution in [2.24, 2.45) is 0 Å². The molecule has 8 atom stereocenters. The fourth-order valence-corrected chi connectivity index (χ4v) is 3.60. The molecule has 0 spiro atoms. The third kappa shape index (κ3) is 7.00. The highest BCUT2D eigenvalue weighted by atomic mass is 32.3. The zero-order chi connectivity index (χ0) is 23.7. The quantitative estimate of drug-likeness (QED) is 0.155. The lowest BCUT2D eigenvalue weighted by Crippen LogP contribution is -2.66. The van der Waals surface area contributed by atoms with Crippen LogP contribution in [0.15, 0.2) is 11.8 Å². The summed E-state index contributed by atoms with van der Waals surface area (Å²) in [5.41, 5.74) is 0. The third-order valence-corrected chi connectivity index (χ3v) is 5.02. The van der Waals surface area contributed by atoms with Gasteiger partial charge < -0.3 is 53.6 Å². The summed E-state index contributed by atoms with van der Waals surface area (Å²) in [4.78, 5) is 10.9. The minimum atomic E-state index is -5.32. The van der Waals surface area contributed by atoms with Crippen LogP contribution in [-0.2, 0) is 43.9 Å². The Labute approximate surface area is 174 Å². The summed E-state index contributed by atoms with van der Waals surface area (Å²) in [6.07, 6.45) is -13.8. The predicted molar refractivity (Wildman–Crippen MR) is 84.0 cm³/mol. The lowest BCUT2D eigenvalue weighted by atomic mass is 9.97. The highest BCUT2D eigenvalue weighted by Crippen LogP contribution is 2.28. The van der Waals surface area contributed by atoms with Crippen molar-refractivity contribution in [3.63, 3.8) is 0 Å². The average Bonchev–Trinajstić information content (AvgIpc) is 2.61. The van der Waals surface area contributed by atoms with E-state index in [0.717, 1.165) is 0 Å². The van der Waals surface area contributed by atoms with Gasteiger partial charge in [0, 0.05) is 0 Å². The van der Waals surface area contributed by atoms with Crippen LogP contribution in [0.4, 0.5) is 0 Å². The van der Waals surface area contributed by atoms with Crippen LogP contribution in [0.25, 0.3) is 0 Å². The molecule has 8 unspecified atom stereocenters. The van der Waals surface area contributed by atoms with Gasteiger partial charge in [-0.05, 0) is 6.08 Å². The molecule has 31 heavy (non-hydrogen) atoms. The van der Waals surface area contributed by atoms with Gasteiger partial charge in [-0.2, -0.15) is 0 Å². The van der Waals surface area contributed by atoms with Gasteiger partial charge in [-0.1, -0.05) is 0 Å². The van der Waals surface area contributed by atoms with E-state index in [4.69, 9.17) is 14.2 Å². The first-order valence-corrected chi connectivity index (χ1v) is 10.8. The fraction of sp³-hybridized carbons (Fsp3) is 0.750. The number of rotatable bonds is 8. The monoisotopic (exact) mass is 494 g/mol. The zero-order valence-corrected chi connectivity index (χ0v) is 16.5. The summed E-state index contributed by atoms with van der Waals surface area (Å²) in [5, 5.41) is 50.8. The fourth-order valence-electron chi connectivity index (χ4n) is 2.71. The molecule has 2 heterocycles. The van der Waals surface area contributed by atoms with Crippen LogP contribution < -0.4 is 9.83 Å². The summed E-state index contributed by atoms with van der Waals surface area (Å²) in [6.45, 7) is -1.21. The van der Waals surface area contributed by atoms with Crippen LogP contribution in [0.5, 0.6) is 0 Å². The van der Waals surface area contributed by atoms with Crippen molar-refractivity contribution < 1.29 is 74.7 Å². The Kier molecular flexibility index (Phi) is 7.95. The first-order valence-electron chi connectivity index (χ1n) is 8.05. The van der Waals surface area contributed by atoms with Gasteiger partial charge >= 0.3 is 0 Å². The molecule has 0 aliphatic carbocycles. The Bertz CT molecular complexity index is 900. The molecule has 2 rings (SSSR count). The first-order chi connectivity index (χ1) is 14.1. The number of carbonyl (C=O) groups is 1. The van der Waals surface area contributed by atoms with Gasteiger partial charge in [0.2, 0.25) is 16.7 Å². The standard InChI is InChI=1S/C12H19NO16S2/c14-3-1-4(10(17)18)28-12(7(3)15)29-9-5(2-26-31(23,24)25)27-11(19)6(8(9)16)13-30(20,21)22/h1,3,5-9,11-16,19H,2H2,(H,17,18)(H,20,21,22)(H,23,24,25)/p-3. The van der Waals surface area contributed by atoms with Gasteiger partial charge in [0.05, 0.1) is 6.61 Å². The Morgan fingerprint density at radius 2 is 1.74 bits per heavy atom. The minimum Gasteiger partial charge on any atom is -0.735 e. The molecule has 5 N–H and O–H groups in total. The van der Waals surface area contributed by atoms with Gasteiger partial charge in [0.25, 0.3) is 0 Å². The molecule has 19 heteroatoms. The minimum absolute atomic E-state index is 0.552. The molecule has 0 radical (unpaired) electrons. The maximum atomic E-state index is 10.9. The van der Waals surface area contributed by atoms with Gasteiger partial charge in [-0.15, -0.1) is 0 Å². The second-order valence-electron chi connectivity index (χ2n) is 6.23. The largest absolute Gasteiger partial charge is 0.735 e. The van der Waals surface area contributed by atoms with Gasteiger partial charge in [0.15, 0.2) is 16.6 Å². The second-order valence-corrected chi connectivity index (χ2v) is 8.43. The summed E-state index contributed by atoms with van der Waals surface area (Å²) in [6, 6.07) is -2.10. The van der Waals surface area contributed by atoms with Gasteiger partial charge in [-0.3, -0.25) is 4.18 Å². The van der Waals surface area contributed by atoms with Crippen LogP contribution in [0.2, 0.25) is 0 Å². The predicted octanol–water partition coefficient (Wildman–Crippen LogP) is -6.94. The average molecular weight is 494 g/mol. The number of hydrogen-bond donors (Lipinski definition) is 5. The summed E-state index contributed by atoms with van der Waals surface area (Å²) in [5.74, 6) is -2.94. The topological polar surface area (TPSA) is 284 Å². The molecule has 1 fully saturated rings. The highest BCUT2D eigenvalue weighted by Gasteiger charge is 2.49. The zero-order valence-electron chi connectivity index (χ0n) is 14.9. The van der Waals surface area contributed by atoms with Crippen LogP contribution in [-0.4, -0.2) is 108 Å². The molecule has 0 bridgehead atoms. The number of carbonyl (C=O) groups excluding carboxylic acids is 1. The summed E-state index contributed by atoms with van der Waals surface area (Å²) >= 11 is 0. The molecule has 180 valence electrons. The van der Waals surface area contributed by atoms with Crippen LogP contribution >= 0.6 is 0 Å². The summed E-state index contributed by atoms with van der Waals surface area (Å²) < 4.78 is 84.8. The molecule has 0 amide bonds. The molecule has 0 aromatic carbocycles. The van der Waals surface area contributed by atoms with E-state index >= 15 is 0 Å². The number of carboxylic acid groups (broad SMARTS) is 1. The number of ether oxygens (including phenoxy) is 3. The molecule has 0 aromatic heterocycles. The number of aliphatic hydroxyl groups excluding tert-OH is 4. The lowest BCUT2D eigenvalue weighted by Gasteiger charge is -2.45. The molecule has 0 aromatic rings. The van der Waals surface area contributed by atoms with E-state index in [1.54, 1.807) is 0 Å². The van der Waals surface area contributed by atoms with Crippen LogP contribution in [0.3, 0.4) is 0 Å². The van der Waals surface area contributed by atoms with Crippen molar-refractivity contribution in [1.29, 1.82) is 0 Å². The SMILES string of the molecule is O=C([O-])C1=CC(O)C(O)C(OC2C(COS(=O)(=O)[O-])OC(O)C(NS(=O)(=O)[O-])C2O)O1. The van der Waals surface area contributed by atoms with Crippen LogP contribution in [0.1, 0.15) is 0 Å². The first kappa shape index (κ1) is 25.8.